The third-order valence-electron chi connectivity index (χ3n) is 4.28. The first-order valence-corrected chi connectivity index (χ1v) is 8.70. The van der Waals surface area contributed by atoms with E-state index >= 15 is 0 Å². The fourth-order valence-electron chi connectivity index (χ4n) is 2.94. The molecule has 0 unspecified atom stereocenters. The number of carbonyl (C=O) groups is 1. The number of nitrogens with one attached hydrogen (secondary N) is 2. The molecule has 2 heterocycles. The number of benzene rings is 2. The fourth-order valence-corrected chi connectivity index (χ4v) is 2.94. The van der Waals surface area contributed by atoms with Crippen LogP contribution in [-0.2, 0) is 6.18 Å². The van der Waals surface area contributed by atoms with Gasteiger partial charge in [-0.15, -0.1) is 5.10 Å². The van der Waals surface area contributed by atoms with E-state index in [-0.39, 0.29) is 11.6 Å². The fraction of sp³-hybridized carbons (Fsp3) is 0.0500. The summed E-state index contributed by atoms with van der Waals surface area (Å²) in [5.41, 5.74) is 1.52. The van der Waals surface area contributed by atoms with Crippen molar-refractivity contribution in [3.8, 4) is 11.1 Å². The molecule has 4 rings (SSSR count). The standard InChI is InChI=1S/C20H14F3N5O2/c21-20(22,23)15-3-1-2-4-16(15)25-18-26-17-10-7-13(11-28(17)27-18)12-5-8-14(9-6-12)24-19(29)30/h1-11,24H,(H,25,27)(H,29,30). The molecular formula is C20H14F3N5O2. The van der Waals surface area contributed by atoms with Crippen LogP contribution < -0.4 is 10.6 Å². The minimum absolute atomic E-state index is 0.0323. The van der Waals surface area contributed by atoms with Crippen molar-refractivity contribution in [1.82, 2.24) is 14.6 Å². The molecular weight excluding hydrogens is 399 g/mol. The van der Waals surface area contributed by atoms with E-state index in [1.54, 1.807) is 42.6 Å². The summed E-state index contributed by atoms with van der Waals surface area (Å²) in [6.45, 7) is 0. The molecule has 2 aromatic heterocycles. The van der Waals surface area contributed by atoms with E-state index in [1.165, 1.54) is 22.7 Å². The Hall–Kier alpha value is -4.08. The Bertz CT molecular complexity index is 1220. The third-order valence-corrected chi connectivity index (χ3v) is 4.28. The van der Waals surface area contributed by atoms with Gasteiger partial charge in [0.15, 0.2) is 5.65 Å². The highest BCUT2D eigenvalue weighted by molar-refractivity contribution is 5.83. The van der Waals surface area contributed by atoms with Gasteiger partial charge in [0.1, 0.15) is 0 Å². The topological polar surface area (TPSA) is 91.5 Å². The number of halogens is 3. The lowest BCUT2D eigenvalue weighted by Crippen LogP contribution is -2.09. The molecule has 3 N–H and O–H groups in total. The number of amides is 1. The van der Waals surface area contributed by atoms with Crippen LogP contribution in [0.5, 0.6) is 0 Å². The predicted molar refractivity (Wildman–Crippen MR) is 105 cm³/mol. The van der Waals surface area contributed by atoms with Crippen molar-refractivity contribution in [2.75, 3.05) is 10.6 Å². The molecule has 0 saturated carbocycles. The second-order valence-electron chi connectivity index (χ2n) is 6.33. The number of rotatable bonds is 4. The monoisotopic (exact) mass is 413 g/mol. The van der Waals surface area contributed by atoms with Crippen molar-refractivity contribution in [3.63, 3.8) is 0 Å². The Kier molecular flexibility index (Phi) is 4.74. The summed E-state index contributed by atoms with van der Waals surface area (Å²) in [7, 11) is 0. The lowest BCUT2D eigenvalue weighted by atomic mass is 10.1. The number of anilines is 3. The van der Waals surface area contributed by atoms with Crippen LogP contribution in [0.1, 0.15) is 5.56 Å². The average molecular weight is 413 g/mol. The number of aromatic nitrogens is 3. The van der Waals surface area contributed by atoms with Crippen molar-refractivity contribution in [2.45, 2.75) is 6.18 Å². The highest BCUT2D eigenvalue weighted by Gasteiger charge is 2.33. The zero-order valence-corrected chi connectivity index (χ0v) is 15.2. The molecule has 0 fully saturated rings. The summed E-state index contributed by atoms with van der Waals surface area (Å²) in [6.07, 6.45) is -3.97. The second-order valence-corrected chi connectivity index (χ2v) is 6.33. The van der Waals surface area contributed by atoms with E-state index in [4.69, 9.17) is 5.11 Å². The molecule has 0 atom stereocenters. The Morgan fingerprint density at radius 1 is 0.967 bits per heavy atom. The summed E-state index contributed by atoms with van der Waals surface area (Å²) >= 11 is 0. The second kappa shape index (κ2) is 7.39. The molecule has 4 aromatic rings. The Morgan fingerprint density at radius 3 is 2.37 bits per heavy atom. The summed E-state index contributed by atoms with van der Waals surface area (Å²) < 4.78 is 41.0. The molecule has 7 nitrogen and oxygen atoms in total. The maximum absolute atomic E-state index is 13.2. The third kappa shape index (κ3) is 4.02. The maximum atomic E-state index is 13.2. The van der Waals surface area contributed by atoms with Crippen LogP contribution in [0.25, 0.3) is 16.8 Å². The van der Waals surface area contributed by atoms with Gasteiger partial charge >= 0.3 is 12.3 Å². The normalized spacial score (nSPS) is 11.4. The van der Waals surface area contributed by atoms with Crippen LogP contribution in [-0.4, -0.2) is 25.8 Å². The van der Waals surface area contributed by atoms with Crippen LogP contribution in [0.15, 0.2) is 66.9 Å². The van der Waals surface area contributed by atoms with E-state index in [0.29, 0.717) is 11.3 Å². The molecule has 0 radical (unpaired) electrons. The largest absolute Gasteiger partial charge is 0.465 e. The van der Waals surface area contributed by atoms with Crippen LogP contribution in [0.4, 0.5) is 35.3 Å². The molecule has 30 heavy (non-hydrogen) atoms. The molecule has 152 valence electrons. The van der Waals surface area contributed by atoms with Crippen LogP contribution in [0.3, 0.4) is 0 Å². The summed E-state index contributed by atoms with van der Waals surface area (Å²) in [4.78, 5) is 14.9. The quantitative estimate of drug-likeness (QED) is 0.425. The number of hydrogen-bond acceptors (Lipinski definition) is 4. The average Bonchev–Trinajstić information content (AvgIpc) is 3.09. The molecule has 0 aliphatic rings. The van der Waals surface area contributed by atoms with Gasteiger partial charge in [-0.25, -0.2) is 9.31 Å². The summed E-state index contributed by atoms with van der Waals surface area (Å²) in [5.74, 6) is 0.0323. The first kappa shape index (κ1) is 19.2. The molecule has 10 heteroatoms. The highest BCUT2D eigenvalue weighted by Crippen LogP contribution is 2.35. The summed E-state index contributed by atoms with van der Waals surface area (Å²) in [5, 5.41) is 17.8. The minimum Gasteiger partial charge on any atom is -0.465 e. The number of para-hydroxylation sites is 1. The molecule has 0 aliphatic heterocycles. The smallest absolute Gasteiger partial charge is 0.418 e. The highest BCUT2D eigenvalue weighted by atomic mass is 19.4. The molecule has 0 saturated heterocycles. The number of alkyl halides is 3. The molecule has 0 bridgehead atoms. The van der Waals surface area contributed by atoms with Crippen molar-refractivity contribution >= 4 is 29.1 Å². The van der Waals surface area contributed by atoms with Gasteiger partial charge in [-0.2, -0.15) is 18.2 Å². The number of hydrogen-bond donors (Lipinski definition) is 3. The van der Waals surface area contributed by atoms with Crippen LogP contribution >= 0.6 is 0 Å². The zero-order valence-electron chi connectivity index (χ0n) is 15.2. The molecule has 2 aromatic carbocycles. The lowest BCUT2D eigenvalue weighted by Gasteiger charge is -2.12. The Labute approximate surface area is 167 Å². The maximum Gasteiger partial charge on any atom is 0.418 e. The van der Waals surface area contributed by atoms with Gasteiger partial charge in [0.25, 0.3) is 0 Å². The van der Waals surface area contributed by atoms with Gasteiger partial charge in [-0.1, -0.05) is 24.3 Å². The minimum atomic E-state index is -4.50. The lowest BCUT2D eigenvalue weighted by molar-refractivity contribution is -0.136. The van der Waals surface area contributed by atoms with Crippen molar-refractivity contribution in [3.05, 3.63) is 72.4 Å². The number of fused-ring (bicyclic) bond motifs is 1. The van der Waals surface area contributed by atoms with Gasteiger partial charge in [-0.3, -0.25) is 5.32 Å². The summed E-state index contributed by atoms with van der Waals surface area (Å²) in [6, 6.07) is 15.3. The predicted octanol–water partition coefficient (Wildman–Crippen LogP) is 5.25. The number of nitrogens with zero attached hydrogens (tertiary/aromatic N) is 3. The first-order chi connectivity index (χ1) is 14.3. The van der Waals surface area contributed by atoms with E-state index in [1.807, 2.05) is 0 Å². The van der Waals surface area contributed by atoms with Crippen molar-refractivity contribution < 1.29 is 23.1 Å². The van der Waals surface area contributed by atoms with Crippen molar-refractivity contribution in [2.24, 2.45) is 0 Å². The molecule has 0 aliphatic carbocycles. The van der Waals surface area contributed by atoms with Crippen LogP contribution in [0.2, 0.25) is 0 Å². The Morgan fingerprint density at radius 2 is 1.67 bits per heavy atom. The van der Waals surface area contributed by atoms with Gasteiger partial charge in [0.2, 0.25) is 5.95 Å². The van der Waals surface area contributed by atoms with E-state index in [2.05, 4.69) is 20.7 Å². The van der Waals surface area contributed by atoms with E-state index in [9.17, 15) is 18.0 Å². The van der Waals surface area contributed by atoms with Gasteiger partial charge in [0.05, 0.1) is 11.3 Å². The first-order valence-electron chi connectivity index (χ1n) is 8.70. The van der Waals surface area contributed by atoms with E-state index < -0.39 is 17.8 Å². The van der Waals surface area contributed by atoms with Gasteiger partial charge in [0, 0.05) is 17.4 Å². The zero-order chi connectivity index (χ0) is 21.3. The van der Waals surface area contributed by atoms with Gasteiger partial charge < -0.3 is 10.4 Å². The number of pyridine rings is 1. The Balaban J connectivity index is 1.61. The van der Waals surface area contributed by atoms with Gasteiger partial charge in [-0.05, 0) is 42.0 Å². The van der Waals surface area contributed by atoms with Crippen LogP contribution in [0, 0.1) is 0 Å². The van der Waals surface area contributed by atoms with Crippen molar-refractivity contribution in [1.29, 1.82) is 0 Å². The molecule has 1 amide bonds. The SMILES string of the molecule is O=C(O)Nc1ccc(-c2ccc3nc(Nc4ccccc4C(F)(F)F)nn3c2)cc1. The van der Waals surface area contributed by atoms with E-state index in [0.717, 1.165) is 17.2 Å². The molecule has 0 spiro atoms. The number of carboxylic acid groups (broad SMARTS) is 1.